The molecule has 2 bridgehead atoms. The normalized spacial score (nSPS) is 29.3. The molecule has 1 aromatic rings. The Morgan fingerprint density at radius 2 is 1.68 bits per heavy atom. The molecule has 1 fully saturated rings. The van der Waals surface area contributed by atoms with Crippen molar-refractivity contribution in [1.29, 1.82) is 0 Å². The number of hydrogen-bond donors (Lipinski definition) is 2. The summed E-state index contributed by atoms with van der Waals surface area (Å²) >= 11 is 5.83. The summed E-state index contributed by atoms with van der Waals surface area (Å²) in [7, 11) is 0. The fourth-order valence-electron chi connectivity index (χ4n) is 3.60. The lowest BCUT2D eigenvalue weighted by molar-refractivity contribution is -0.153. The molecule has 4 atom stereocenters. The van der Waals surface area contributed by atoms with Gasteiger partial charge in [-0.15, -0.1) is 0 Å². The molecule has 1 aromatic carbocycles. The van der Waals surface area contributed by atoms with E-state index in [9.17, 15) is 14.7 Å². The quantitative estimate of drug-likeness (QED) is 0.839. The highest BCUT2D eigenvalue weighted by atomic mass is 35.5. The van der Waals surface area contributed by atoms with E-state index in [0.717, 1.165) is 18.4 Å². The van der Waals surface area contributed by atoms with Crippen molar-refractivity contribution in [2.75, 3.05) is 0 Å². The van der Waals surface area contributed by atoms with Gasteiger partial charge in [0, 0.05) is 11.6 Å². The summed E-state index contributed by atoms with van der Waals surface area (Å²) in [5.41, 5.74) is 0.945. The second-order valence-electron chi connectivity index (χ2n) is 6.02. The van der Waals surface area contributed by atoms with Crippen molar-refractivity contribution in [3.8, 4) is 0 Å². The van der Waals surface area contributed by atoms with E-state index in [-0.39, 0.29) is 17.7 Å². The van der Waals surface area contributed by atoms with E-state index in [0.29, 0.717) is 11.6 Å². The number of carbonyl (C=O) groups is 2. The summed E-state index contributed by atoms with van der Waals surface area (Å²) in [6.07, 6.45) is 5.74. The van der Waals surface area contributed by atoms with E-state index in [1.54, 1.807) is 12.1 Å². The molecule has 0 aromatic heterocycles. The van der Waals surface area contributed by atoms with Gasteiger partial charge in [0.1, 0.15) is 0 Å². The second kappa shape index (κ2) is 6.13. The number of hydrogen-bond acceptors (Lipinski definition) is 2. The minimum Gasteiger partial charge on any atom is -0.481 e. The molecule has 4 rings (SSSR count). The van der Waals surface area contributed by atoms with Gasteiger partial charge in [-0.25, -0.2) is 0 Å². The zero-order valence-electron chi connectivity index (χ0n) is 12.0. The van der Waals surface area contributed by atoms with E-state index in [2.05, 4.69) is 5.32 Å². The molecule has 0 radical (unpaired) electrons. The van der Waals surface area contributed by atoms with Crippen molar-refractivity contribution < 1.29 is 14.7 Å². The van der Waals surface area contributed by atoms with Gasteiger partial charge in [-0.1, -0.05) is 35.9 Å². The third kappa shape index (κ3) is 2.88. The van der Waals surface area contributed by atoms with Crippen LogP contribution in [-0.4, -0.2) is 17.0 Å². The molecule has 0 saturated heterocycles. The van der Waals surface area contributed by atoms with Crippen LogP contribution in [-0.2, 0) is 16.1 Å². The third-order valence-electron chi connectivity index (χ3n) is 4.72. The fraction of sp³-hybridized carbons (Fsp3) is 0.412. The SMILES string of the molecule is O=C(O)[C@@H]1[C@H](C(=O)NCc2ccc(Cl)cc2)[C@H]2C=C[C@H]1CC2. The Bertz CT molecular complexity index is 611. The first-order chi connectivity index (χ1) is 10.6. The molecule has 116 valence electrons. The van der Waals surface area contributed by atoms with Crippen LogP contribution in [0, 0.1) is 23.7 Å². The van der Waals surface area contributed by atoms with Crippen LogP contribution in [0.3, 0.4) is 0 Å². The summed E-state index contributed by atoms with van der Waals surface area (Å²) in [6.45, 7) is 0.389. The number of amides is 1. The molecule has 0 heterocycles. The predicted octanol–water partition coefficient (Wildman–Crippen LogP) is 2.87. The van der Waals surface area contributed by atoms with Crippen LogP contribution in [0.1, 0.15) is 18.4 Å². The minimum absolute atomic E-state index is 0.0196. The summed E-state index contributed by atoms with van der Waals surface area (Å²) < 4.78 is 0. The first kappa shape index (κ1) is 15.1. The van der Waals surface area contributed by atoms with Crippen LogP contribution in [0.4, 0.5) is 0 Å². The Morgan fingerprint density at radius 3 is 2.23 bits per heavy atom. The van der Waals surface area contributed by atoms with Gasteiger partial charge in [0.15, 0.2) is 0 Å². The second-order valence-corrected chi connectivity index (χ2v) is 6.46. The number of fused-ring (bicyclic) bond motifs is 2. The highest BCUT2D eigenvalue weighted by Gasteiger charge is 2.47. The average Bonchev–Trinajstić information content (AvgIpc) is 2.54. The maximum atomic E-state index is 12.5. The molecule has 0 unspecified atom stereocenters. The van der Waals surface area contributed by atoms with Gasteiger partial charge >= 0.3 is 5.97 Å². The molecule has 5 heteroatoms. The standard InChI is InChI=1S/C17H18ClNO3/c18-13-7-1-10(2-8-13)9-19-16(20)14-11-3-5-12(6-4-11)15(14)17(21)22/h1-3,5,7-8,11-12,14-15H,4,6,9H2,(H,19,20)(H,21,22)/t11-,12-,14+,15-/m0/s1. The number of rotatable bonds is 4. The lowest BCUT2D eigenvalue weighted by Gasteiger charge is -2.41. The van der Waals surface area contributed by atoms with Crippen molar-refractivity contribution in [1.82, 2.24) is 5.32 Å². The van der Waals surface area contributed by atoms with Crippen molar-refractivity contribution in [2.24, 2.45) is 23.7 Å². The summed E-state index contributed by atoms with van der Waals surface area (Å²) in [5.74, 6) is -2.08. The van der Waals surface area contributed by atoms with Gasteiger partial charge in [-0.2, -0.15) is 0 Å². The Labute approximate surface area is 134 Å². The lowest BCUT2D eigenvalue weighted by Crippen LogP contribution is -2.48. The van der Waals surface area contributed by atoms with E-state index < -0.39 is 17.8 Å². The van der Waals surface area contributed by atoms with Gasteiger partial charge in [0.2, 0.25) is 5.91 Å². The zero-order chi connectivity index (χ0) is 15.7. The zero-order valence-corrected chi connectivity index (χ0v) is 12.8. The van der Waals surface area contributed by atoms with Gasteiger partial charge in [0.05, 0.1) is 11.8 Å². The highest BCUT2D eigenvalue weighted by molar-refractivity contribution is 6.30. The maximum Gasteiger partial charge on any atom is 0.307 e. The number of carbonyl (C=O) groups excluding carboxylic acids is 1. The Kier molecular flexibility index (Phi) is 4.21. The first-order valence-electron chi connectivity index (χ1n) is 7.49. The predicted molar refractivity (Wildman–Crippen MR) is 83.3 cm³/mol. The first-order valence-corrected chi connectivity index (χ1v) is 7.87. The minimum atomic E-state index is -0.870. The Hall–Kier alpha value is -1.81. The number of carboxylic acids is 1. The molecular formula is C17H18ClNO3. The van der Waals surface area contributed by atoms with Gasteiger partial charge in [0.25, 0.3) is 0 Å². The number of aliphatic carboxylic acids is 1. The van der Waals surface area contributed by atoms with Crippen molar-refractivity contribution >= 4 is 23.5 Å². The van der Waals surface area contributed by atoms with Crippen molar-refractivity contribution in [3.63, 3.8) is 0 Å². The van der Waals surface area contributed by atoms with Crippen molar-refractivity contribution in [2.45, 2.75) is 19.4 Å². The lowest BCUT2D eigenvalue weighted by atomic mass is 9.62. The molecule has 22 heavy (non-hydrogen) atoms. The van der Waals surface area contributed by atoms with Crippen molar-refractivity contribution in [3.05, 3.63) is 47.0 Å². The van der Waals surface area contributed by atoms with E-state index in [1.165, 1.54) is 0 Å². The van der Waals surface area contributed by atoms with Crippen LogP contribution in [0.2, 0.25) is 5.02 Å². The van der Waals surface area contributed by atoms with Crippen LogP contribution in [0.5, 0.6) is 0 Å². The fourth-order valence-corrected chi connectivity index (χ4v) is 3.72. The molecule has 4 nitrogen and oxygen atoms in total. The molecule has 3 aliphatic carbocycles. The molecule has 0 aliphatic heterocycles. The molecule has 3 aliphatic rings. The largest absolute Gasteiger partial charge is 0.481 e. The van der Waals surface area contributed by atoms with Gasteiger partial charge < -0.3 is 10.4 Å². The Balaban J connectivity index is 1.69. The number of carboxylic acid groups (broad SMARTS) is 1. The maximum absolute atomic E-state index is 12.5. The Morgan fingerprint density at radius 1 is 1.09 bits per heavy atom. The molecule has 1 saturated carbocycles. The number of nitrogens with one attached hydrogen (secondary N) is 1. The molecule has 0 spiro atoms. The molecule has 1 amide bonds. The number of benzene rings is 1. The smallest absolute Gasteiger partial charge is 0.307 e. The van der Waals surface area contributed by atoms with Crippen LogP contribution in [0.25, 0.3) is 0 Å². The monoisotopic (exact) mass is 319 g/mol. The van der Waals surface area contributed by atoms with Crippen LogP contribution >= 0.6 is 11.6 Å². The van der Waals surface area contributed by atoms with Gasteiger partial charge in [-0.3, -0.25) is 9.59 Å². The average molecular weight is 320 g/mol. The summed E-state index contributed by atoms with van der Waals surface area (Å²) in [4.78, 5) is 24.1. The summed E-state index contributed by atoms with van der Waals surface area (Å²) in [6, 6.07) is 7.25. The highest BCUT2D eigenvalue weighted by Crippen LogP contribution is 2.45. The van der Waals surface area contributed by atoms with E-state index in [4.69, 9.17) is 11.6 Å². The number of allylic oxidation sites excluding steroid dienone is 2. The molecule has 2 N–H and O–H groups in total. The topological polar surface area (TPSA) is 66.4 Å². The summed E-state index contributed by atoms with van der Waals surface area (Å²) in [5, 5.41) is 13.0. The van der Waals surface area contributed by atoms with Crippen LogP contribution < -0.4 is 5.32 Å². The number of halogens is 1. The third-order valence-corrected chi connectivity index (χ3v) is 4.97. The van der Waals surface area contributed by atoms with E-state index in [1.807, 2.05) is 24.3 Å². The van der Waals surface area contributed by atoms with Crippen LogP contribution in [0.15, 0.2) is 36.4 Å². The van der Waals surface area contributed by atoms with Gasteiger partial charge in [-0.05, 0) is 42.4 Å². The molecular weight excluding hydrogens is 302 g/mol. The van der Waals surface area contributed by atoms with E-state index >= 15 is 0 Å².